The number of carbonyl (C=O) groups excluding carboxylic acids is 2. The minimum atomic E-state index is -0.440. The summed E-state index contributed by atoms with van der Waals surface area (Å²) in [5.74, 6) is 0.439. The van der Waals surface area contributed by atoms with Gasteiger partial charge in [-0.1, -0.05) is 30.3 Å². The van der Waals surface area contributed by atoms with Crippen molar-refractivity contribution in [1.82, 2.24) is 0 Å². The van der Waals surface area contributed by atoms with Crippen molar-refractivity contribution in [3.05, 3.63) is 94.2 Å². The number of benzene rings is 3. The van der Waals surface area contributed by atoms with E-state index in [1.165, 1.54) is 0 Å². The van der Waals surface area contributed by atoms with Crippen molar-refractivity contribution in [3.63, 3.8) is 0 Å². The zero-order valence-corrected chi connectivity index (χ0v) is 19.3. The first-order chi connectivity index (χ1) is 15.9. The van der Waals surface area contributed by atoms with Crippen molar-refractivity contribution in [2.45, 2.75) is 27.7 Å². The molecule has 0 fully saturated rings. The molecule has 0 saturated carbocycles. The van der Waals surface area contributed by atoms with E-state index < -0.39 is 5.97 Å². The number of ketones is 1. The lowest BCUT2D eigenvalue weighted by Gasteiger charge is -2.20. The predicted molar refractivity (Wildman–Crippen MR) is 130 cm³/mol. The Morgan fingerprint density at radius 2 is 1.67 bits per heavy atom. The summed E-state index contributed by atoms with van der Waals surface area (Å²) in [4.78, 5) is 27.8. The van der Waals surface area contributed by atoms with E-state index in [0.29, 0.717) is 28.2 Å². The number of esters is 1. The van der Waals surface area contributed by atoms with E-state index in [1.807, 2.05) is 43.3 Å². The number of anilines is 1. The first-order valence-electron chi connectivity index (χ1n) is 11.1. The highest BCUT2D eigenvalue weighted by Crippen LogP contribution is 2.39. The van der Waals surface area contributed by atoms with Gasteiger partial charge in [-0.2, -0.15) is 0 Å². The van der Waals surface area contributed by atoms with Gasteiger partial charge in [0.05, 0.1) is 11.1 Å². The third-order valence-corrected chi connectivity index (χ3v) is 5.92. The largest absolute Gasteiger partial charge is 0.452 e. The molecule has 168 valence electrons. The Kier molecular flexibility index (Phi) is 6.31. The summed E-state index contributed by atoms with van der Waals surface area (Å²) in [6.45, 7) is 9.76. The van der Waals surface area contributed by atoms with Crippen LogP contribution in [-0.2, 0) is 0 Å². The van der Waals surface area contributed by atoms with Gasteiger partial charge in [0, 0.05) is 24.3 Å². The van der Waals surface area contributed by atoms with Crippen LogP contribution in [0.5, 0.6) is 11.5 Å². The molecule has 5 nitrogen and oxygen atoms in total. The van der Waals surface area contributed by atoms with E-state index in [9.17, 15) is 9.59 Å². The molecular weight excluding hydrogens is 414 g/mol. The van der Waals surface area contributed by atoms with E-state index in [4.69, 9.17) is 9.47 Å². The lowest BCUT2D eigenvalue weighted by Crippen LogP contribution is -2.21. The summed E-state index contributed by atoms with van der Waals surface area (Å²) in [5, 5.41) is 0. The van der Waals surface area contributed by atoms with Crippen molar-refractivity contribution in [3.8, 4) is 11.5 Å². The molecule has 0 aliphatic carbocycles. The molecule has 1 aliphatic heterocycles. The Bertz CT molecular complexity index is 1240. The predicted octanol–water partition coefficient (Wildman–Crippen LogP) is 5.99. The first-order valence-corrected chi connectivity index (χ1v) is 11.1. The van der Waals surface area contributed by atoms with Crippen molar-refractivity contribution in [1.29, 1.82) is 0 Å². The number of aryl methyl sites for hydroxylation is 1. The van der Waals surface area contributed by atoms with Crippen LogP contribution in [0.2, 0.25) is 0 Å². The van der Waals surface area contributed by atoms with Gasteiger partial charge in [-0.3, -0.25) is 4.79 Å². The topological polar surface area (TPSA) is 55.8 Å². The molecule has 0 radical (unpaired) electrons. The first kappa shape index (κ1) is 22.3. The fraction of sp³-hybridized carbons (Fsp3) is 0.214. The molecule has 3 aromatic rings. The van der Waals surface area contributed by atoms with Crippen molar-refractivity contribution in [2.24, 2.45) is 0 Å². The highest BCUT2D eigenvalue weighted by molar-refractivity contribution is 6.15. The maximum Gasteiger partial charge on any atom is 0.343 e. The number of fused-ring (bicyclic) bond motifs is 1. The molecule has 3 aromatic carbocycles. The molecule has 4 rings (SSSR count). The summed E-state index contributed by atoms with van der Waals surface area (Å²) in [7, 11) is 0. The molecule has 33 heavy (non-hydrogen) atoms. The van der Waals surface area contributed by atoms with E-state index in [2.05, 4.69) is 18.7 Å². The maximum atomic E-state index is 12.9. The monoisotopic (exact) mass is 441 g/mol. The Morgan fingerprint density at radius 3 is 2.33 bits per heavy atom. The maximum absolute atomic E-state index is 12.9. The molecule has 0 amide bonds. The number of hydrogen-bond donors (Lipinski definition) is 0. The quantitative estimate of drug-likeness (QED) is 0.267. The lowest BCUT2D eigenvalue weighted by atomic mass is 10.1. The molecule has 5 heteroatoms. The van der Waals surface area contributed by atoms with E-state index >= 15 is 0 Å². The Morgan fingerprint density at radius 1 is 0.970 bits per heavy atom. The van der Waals surface area contributed by atoms with E-state index in [0.717, 1.165) is 29.9 Å². The second-order valence-electron chi connectivity index (χ2n) is 7.97. The number of nitrogens with zero attached hydrogens (tertiary/aromatic N) is 1. The average molecular weight is 442 g/mol. The second kappa shape index (κ2) is 9.33. The van der Waals surface area contributed by atoms with Crippen LogP contribution in [0.3, 0.4) is 0 Å². The fourth-order valence-corrected chi connectivity index (χ4v) is 3.96. The molecule has 0 atom stereocenters. The van der Waals surface area contributed by atoms with Crippen molar-refractivity contribution >= 4 is 23.5 Å². The van der Waals surface area contributed by atoms with Gasteiger partial charge in [-0.05, 0) is 75.2 Å². The van der Waals surface area contributed by atoms with Gasteiger partial charge in [-0.15, -0.1) is 0 Å². The zero-order chi connectivity index (χ0) is 23.5. The summed E-state index contributed by atoms with van der Waals surface area (Å²) >= 11 is 0. The van der Waals surface area contributed by atoms with Crippen LogP contribution in [0.25, 0.3) is 6.08 Å². The van der Waals surface area contributed by atoms with Gasteiger partial charge >= 0.3 is 5.97 Å². The summed E-state index contributed by atoms with van der Waals surface area (Å²) in [5.41, 5.74) is 4.44. The van der Waals surface area contributed by atoms with Gasteiger partial charge in [0.25, 0.3) is 0 Å². The number of allylic oxidation sites excluding steroid dienone is 1. The number of hydrogen-bond acceptors (Lipinski definition) is 5. The summed E-state index contributed by atoms with van der Waals surface area (Å²) in [6.07, 6.45) is 1.74. The molecule has 0 spiro atoms. The Balaban J connectivity index is 1.56. The molecule has 0 saturated heterocycles. The van der Waals surface area contributed by atoms with Crippen molar-refractivity contribution < 1.29 is 19.1 Å². The molecule has 0 unspecified atom stereocenters. The highest BCUT2D eigenvalue weighted by Gasteiger charge is 2.30. The molecule has 0 aromatic heterocycles. The van der Waals surface area contributed by atoms with Crippen LogP contribution in [-0.4, -0.2) is 24.8 Å². The SMILES string of the molecule is CCN(CC)c1ccc(/C=C2\Oc3c(ccc(OC(=O)c4ccccc4C)c3C)C2=O)cc1. The highest BCUT2D eigenvalue weighted by atomic mass is 16.5. The Hall–Kier alpha value is -3.86. The van der Waals surface area contributed by atoms with Crippen LogP contribution in [0.4, 0.5) is 5.69 Å². The Labute approximate surface area is 194 Å². The summed E-state index contributed by atoms with van der Waals surface area (Å²) < 4.78 is 11.6. The summed E-state index contributed by atoms with van der Waals surface area (Å²) in [6, 6.07) is 18.6. The molecular formula is C28H27NO4. The van der Waals surface area contributed by atoms with E-state index in [1.54, 1.807) is 37.3 Å². The van der Waals surface area contributed by atoms with Crippen LogP contribution in [0.1, 0.15) is 51.3 Å². The van der Waals surface area contributed by atoms with Gasteiger partial charge in [-0.25, -0.2) is 4.79 Å². The molecule has 1 heterocycles. The number of carbonyl (C=O) groups is 2. The molecule has 0 N–H and O–H groups in total. The normalized spacial score (nSPS) is 13.6. The third-order valence-electron chi connectivity index (χ3n) is 5.92. The van der Waals surface area contributed by atoms with Gasteiger partial charge in [0.2, 0.25) is 5.78 Å². The third kappa shape index (κ3) is 4.40. The fourth-order valence-electron chi connectivity index (χ4n) is 3.96. The average Bonchev–Trinajstić information content (AvgIpc) is 3.14. The molecule has 0 bridgehead atoms. The molecule has 1 aliphatic rings. The van der Waals surface area contributed by atoms with Gasteiger partial charge in [0.1, 0.15) is 11.5 Å². The van der Waals surface area contributed by atoms with Gasteiger partial charge < -0.3 is 14.4 Å². The smallest absolute Gasteiger partial charge is 0.343 e. The van der Waals surface area contributed by atoms with Crippen molar-refractivity contribution in [2.75, 3.05) is 18.0 Å². The standard InChI is InChI=1S/C28H27NO4/c1-5-29(6-2)21-13-11-20(12-14-21)17-25-26(30)23-15-16-24(19(4)27(23)32-25)33-28(31)22-10-8-7-9-18(22)3/h7-17H,5-6H2,1-4H3/b25-17-. The van der Waals surface area contributed by atoms with Crippen LogP contribution in [0, 0.1) is 13.8 Å². The van der Waals surface area contributed by atoms with Crippen LogP contribution in [0.15, 0.2) is 66.4 Å². The second-order valence-corrected chi connectivity index (χ2v) is 7.97. The van der Waals surface area contributed by atoms with Crippen LogP contribution < -0.4 is 14.4 Å². The number of Topliss-reactive ketones (excluding diaryl/α,β-unsaturated/α-hetero) is 1. The zero-order valence-electron chi connectivity index (χ0n) is 19.3. The minimum Gasteiger partial charge on any atom is -0.452 e. The number of rotatable bonds is 6. The van der Waals surface area contributed by atoms with Gasteiger partial charge in [0.15, 0.2) is 5.76 Å². The number of ether oxygens (including phenoxy) is 2. The minimum absolute atomic E-state index is 0.183. The van der Waals surface area contributed by atoms with Crippen LogP contribution >= 0.6 is 0 Å². The lowest BCUT2D eigenvalue weighted by molar-refractivity contribution is 0.0732. The van der Waals surface area contributed by atoms with E-state index in [-0.39, 0.29) is 11.5 Å².